The second-order valence-corrected chi connectivity index (χ2v) is 3.45. The number of benzene rings is 1. The number of hydrogen-bond donors (Lipinski definition) is 1. The lowest BCUT2D eigenvalue weighted by Gasteiger charge is -2.06. The lowest BCUT2D eigenvalue weighted by atomic mass is 10.2. The first-order valence-electron chi connectivity index (χ1n) is 3.80. The molecule has 1 N–H and O–H groups in total. The van der Waals surface area contributed by atoms with Gasteiger partial charge in [-0.3, -0.25) is 0 Å². The van der Waals surface area contributed by atoms with Gasteiger partial charge in [0.25, 0.3) is 0 Å². The van der Waals surface area contributed by atoms with E-state index in [1.165, 1.54) is 5.56 Å². The fraction of sp³-hybridized carbons (Fsp3) is 0.333. The van der Waals surface area contributed by atoms with E-state index in [1.54, 1.807) is 0 Å². The van der Waals surface area contributed by atoms with Gasteiger partial charge in [-0.15, -0.1) is 0 Å². The molecule has 12 heavy (non-hydrogen) atoms. The SMILES string of the molecule is Cc1ccc(Br)c(NCCF)c1. The van der Waals surface area contributed by atoms with Crippen LogP contribution in [0.4, 0.5) is 10.1 Å². The highest BCUT2D eigenvalue weighted by molar-refractivity contribution is 9.10. The minimum Gasteiger partial charge on any atom is -0.381 e. The standard InChI is InChI=1S/C9H11BrFN/c1-7-2-3-8(10)9(6-7)12-5-4-11/h2-3,6,12H,4-5H2,1H3. The summed E-state index contributed by atoms with van der Waals surface area (Å²) in [5.74, 6) is 0. The zero-order valence-electron chi connectivity index (χ0n) is 6.90. The smallest absolute Gasteiger partial charge is 0.107 e. The van der Waals surface area contributed by atoms with Crippen LogP contribution in [0.5, 0.6) is 0 Å². The molecular weight excluding hydrogens is 221 g/mol. The first-order chi connectivity index (χ1) is 5.74. The fourth-order valence-corrected chi connectivity index (χ4v) is 1.34. The molecule has 1 aromatic rings. The van der Waals surface area contributed by atoms with E-state index in [4.69, 9.17) is 0 Å². The highest BCUT2D eigenvalue weighted by Crippen LogP contribution is 2.22. The van der Waals surface area contributed by atoms with Gasteiger partial charge in [-0.2, -0.15) is 0 Å². The maximum Gasteiger partial charge on any atom is 0.107 e. The minimum absolute atomic E-state index is 0.347. The van der Waals surface area contributed by atoms with Crippen molar-refractivity contribution in [2.75, 3.05) is 18.5 Å². The Morgan fingerprint density at radius 1 is 1.50 bits per heavy atom. The second kappa shape index (κ2) is 4.45. The molecule has 0 saturated heterocycles. The molecule has 0 atom stereocenters. The number of hydrogen-bond acceptors (Lipinski definition) is 1. The van der Waals surface area contributed by atoms with Crippen LogP contribution in [0, 0.1) is 6.92 Å². The molecule has 66 valence electrons. The highest BCUT2D eigenvalue weighted by Gasteiger charge is 1.97. The van der Waals surface area contributed by atoms with Crippen molar-refractivity contribution in [1.82, 2.24) is 0 Å². The van der Waals surface area contributed by atoms with Gasteiger partial charge in [-0.05, 0) is 40.5 Å². The molecule has 0 aliphatic heterocycles. The summed E-state index contributed by atoms with van der Waals surface area (Å²) in [6.07, 6.45) is 0. The molecule has 0 spiro atoms. The van der Waals surface area contributed by atoms with Crippen molar-refractivity contribution in [2.45, 2.75) is 6.92 Å². The van der Waals surface area contributed by atoms with E-state index in [0.717, 1.165) is 10.2 Å². The van der Waals surface area contributed by atoms with Gasteiger partial charge in [-0.25, -0.2) is 4.39 Å². The van der Waals surface area contributed by atoms with Crippen LogP contribution in [-0.4, -0.2) is 13.2 Å². The number of aryl methyl sites for hydroxylation is 1. The Labute approximate surface area is 80.1 Å². The van der Waals surface area contributed by atoms with Crippen molar-refractivity contribution in [3.63, 3.8) is 0 Å². The third-order valence-electron chi connectivity index (χ3n) is 1.53. The molecule has 0 aliphatic rings. The predicted molar refractivity (Wildman–Crippen MR) is 53.3 cm³/mol. The Hall–Kier alpha value is -0.570. The summed E-state index contributed by atoms with van der Waals surface area (Å²) in [6.45, 7) is 2.02. The lowest BCUT2D eigenvalue weighted by molar-refractivity contribution is 0.512. The highest BCUT2D eigenvalue weighted by atomic mass is 79.9. The van der Waals surface area contributed by atoms with E-state index < -0.39 is 0 Å². The Bertz CT molecular complexity index is 263. The average Bonchev–Trinajstić information content (AvgIpc) is 2.07. The van der Waals surface area contributed by atoms with E-state index in [0.29, 0.717) is 6.54 Å². The molecule has 0 aliphatic carbocycles. The Kier molecular flexibility index (Phi) is 3.53. The van der Waals surface area contributed by atoms with Gasteiger partial charge in [0, 0.05) is 16.7 Å². The quantitative estimate of drug-likeness (QED) is 0.844. The number of alkyl halides is 1. The van der Waals surface area contributed by atoms with Crippen molar-refractivity contribution in [3.05, 3.63) is 28.2 Å². The van der Waals surface area contributed by atoms with Crippen LogP contribution < -0.4 is 5.32 Å². The zero-order chi connectivity index (χ0) is 8.97. The van der Waals surface area contributed by atoms with Crippen LogP contribution in [0.15, 0.2) is 22.7 Å². The Morgan fingerprint density at radius 3 is 2.92 bits per heavy atom. The molecule has 0 aromatic heterocycles. The molecule has 0 radical (unpaired) electrons. The normalized spacial score (nSPS) is 9.92. The predicted octanol–water partition coefficient (Wildman–Crippen LogP) is 3.14. The minimum atomic E-state index is -0.347. The Morgan fingerprint density at radius 2 is 2.25 bits per heavy atom. The first-order valence-corrected chi connectivity index (χ1v) is 4.59. The third kappa shape index (κ3) is 2.48. The van der Waals surface area contributed by atoms with Crippen LogP contribution in [0.1, 0.15) is 5.56 Å². The van der Waals surface area contributed by atoms with E-state index in [9.17, 15) is 4.39 Å². The molecule has 1 rings (SSSR count). The lowest BCUT2D eigenvalue weighted by Crippen LogP contribution is -2.03. The molecular formula is C9H11BrFN. The van der Waals surface area contributed by atoms with Crippen LogP contribution in [0.3, 0.4) is 0 Å². The van der Waals surface area contributed by atoms with Gasteiger partial charge in [-0.1, -0.05) is 6.07 Å². The summed E-state index contributed by atoms with van der Waals surface area (Å²) in [5.41, 5.74) is 2.12. The average molecular weight is 232 g/mol. The van der Waals surface area contributed by atoms with Crippen molar-refractivity contribution in [2.24, 2.45) is 0 Å². The van der Waals surface area contributed by atoms with Crippen molar-refractivity contribution >= 4 is 21.6 Å². The van der Waals surface area contributed by atoms with Crippen molar-refractivity contribution in [3.8, 4) is 0 Å². The summed E-state index contributed by atoms with van der Waals surface area (Å²) < 4.78 is 12.8. The van der Waals surface area contributed by atoms with Crippen LogP contribution >= 0.6 is 15.9 Å². The molecule has 0 amide bonds. The van der Waals surface area contributed by atoms with Gasteiger partial charge in [0.05, 0.1) is 0 Å². The molecule has 0 unspecified atom stereocenters. The van der Waals surface area contributed by atoms with E-state index in [-0.39, 0.29) is 6.67 Å². The van der Waals surface area contributed by atoms with Crippen molar-refractivity contribution in [1.29, 1.82) is 0 Å². The molecule has 1 nitrogen and oxygen atoms in total. The van der Waals surface area contributed by atoms with Gasteiger partial charge in [0.2, 0.25) is 0 Å². The second-order valence-electron chi connectivity index (χ2n) is 2.60. The molecule has 0 bridgehead atoms. The first kappa shape index (κ1) is 9.52. The third-order valence-corrected chi connectivity index (χ3v) is 2.22. The zero-order valence-corrected chi connectivity index (χ0v) is 8.49. The fourth-order valence-electron chi connectivity index (χ4n) is 0.957. The number of nitrogens with one attached hydrogen (secondary N) is 1. The molecule has 3 heteroatoms. The molecule has 0 heterocycles. The molecule has 1 aromatic carbocycles. The van der Waals surface area contributed by atoms with Gasteiger partial charge < -0.3 is 5.32 Å². The van der Waals surface area contributed by atoms with Crippen LogP contribution in [0.25, 0.3) is 0 Å². The topological polar surface area (TPSA) is 12.0 Å². The van der Waals surface area contributed by atoms with E-state index >= 15 is 0 Å². The van der Waals surface area contributed by atoms with Crippen LogP contribution in [-0.2, 0) is 0 Å². The molecule has 0 fully saturated rings. The van der Waals surface area contributed by atoms with Crippen LogP contribution in [0.2, 0.25) is 0 Å². The number of rotatable bonds is 3. The number of anilines is 1. The summed E-state index contributed by atoms with van der Waals surface area (Å²) >= 11 is 3.38. The van der Waals surface area contributed by atoms with Gasteiger partial charge in [0.15, 0.2) is 0 Å². The van der Waals surface area contributed by atoms with Gasteiger partial charge >= 0.3 is 0 Å². The Balaban J connectivity index is 2.75. The van der Waals surface area contributed by atoms with E-state index in [2.05, 4.69) is 21.2 Å². The van der Waals surface area contributed by atoms with Gasteiger partial charge in [0.1, 0.15) is 6.67 Å². The summed E-state index contributed by atoms with van der Waals surface area (Å²) in [6, 6.07) is 5.94. The summed E-state index contributed by atoms with van der Waals surface area (Å²) in [5, 5.41) is 2.98. The number of halogens is 2. The molecule has 0 saturated carbocycles. The summed E-state index contributed by atoms with van der Waals surface area (Å²) in [7, 11) is 0. The maximum atomic E-state index is 11.8. The summed E-state index contributed by atoms with van der Waals surface area (Å²) in [4.78, 5) is 0. The monoisotopic (exact) mass is 231 g/mol. The van der Waals surface area contributed by atoms with E-state index in [1.807, 2.05) is 25.1 Å². The maximum absolute atomic E-state index is 11.8. The largest absolute Gasteiger partial charge is 0.381 e. The van der Waals surface area contributed by atoms with Crippen molar-refractivity contribution < 1.29 is 4.39 Å².